The van der Waals surface area contributed by atoms with Crippen molar-refractivity contribution < 1.29 is 19.4 Å². The average molecular weight is 305 g/mol. The second-order valence-electron chi connectivity index (χ2n) is 5.54. The van der Waals surface area contributed by atoms with E-state index in [-0.39, 0.29) is 18.6 Å². The maximum Gasteiger partial charge on any atom is 0.254 e. The Morgan fingerprint density at radius 3 is 2.86 bits per heavy atom. The molecule has 120 valence electrons. The second-order valence-corrected chi connectivity index (χ2v) is 5.54. The minimum atomic E-state index is -0.633. The molecule has 1 N–H and O–H groups in total. The molecule has 5 nitrogen and oxygen atoms in total. The van der Waals surface area contributed by atoms with Crippen LogP contribution in [-0.4, -0.2) is 54.4 Å². The highest BCUT2D eigenvalue weighted by Gasteiger charge is 2.34. The number of likely N-dealkylation sites (N-methyl/N-ethyl adjacent to an activating group) is 1. The maximum absolute atomic E-state index is 12.7. The van der Waals surface area contributed by atoms with Gasteiger partial charge in [-0.05, 0) is 37.6 Å². The molecule has 1 aliphatic rings. The Morgan fingerprint density at radius 1 is 1.50 bits per heavy atom. The van der Waals surface area contributed by atoms with Gasteiger partial charge in [-0.1, -0.05) is 12.6 Å². The van der Waals surface area contributed by atoms with Crippen LogP contribution in [0.15, 0.2) is 36.4 Å². The van der Waals surface area contributed by atoms with Crippen LogP contribution in [0.1, 0.15) is 24.2 Å². The molecule has 1 aromatic carbocycles. The molecule has 0 bridgehead atoms. The minimum Gasteiger partial charge on any atom is -0.489 e. The highest BCUT2D eigenvalue weighted by atomic mass is 16.5. The molecule has 1 saturated heterocycles. The van der Waals surface area contributed by atoms with Crippen LogP contribution < -0.4 is 4.74 Å². The summed E-state index contributed by atoms with van der Waals surface area (Å²) in [5, 5.41) is 9.93. The third-order valence-electron chi connectivity index (χ3n) is 3.59. The van der Waals surface area contributed by atoms with E-state index in [1.807, 2.05) is 19.9 Å². The molecule has 1 amide bonds. The summed E-state index contributed by atoms with van der Waals surface area (Å²) >= 11 is 0. The van der Waals surface area contributed by atoms with Gasteiger partial charge in [-0.2, -0.15) is 0 Å². The summed E-state index contributed by atoms with van der Waals surface area (Å²) in [4.78, 5) is 14.3. The van der Waals surface area contributed by atoms with Gasteiger partial charge in [0.25, 0.3) is 5.91 Å². The van der Waals surface area contributed by atoms with Gasteiger partial charge in [0.1, 0.15) is 12.4 Å². The van der Waals surface area contributed by atoms with Gasteiger partial charge in [-0.3, -0.25) is 4.79 Å². The van der Waals surface area contributed by atoms with E-state index in [0.29, 0.717) is 31.1 Å². The summed E-state index contributed by atoms with van der Waals surface area (Å²) < 4.78 is 10.8. The van der Waals surface area contributed by atoms with Gasteiger partial charge < -0.3 is 19.5 Å². The number of amides is 1. The van der Waals surface area contributed by atoms with Crippen LogP contribution in [0.5, 0.6) is 5.75 Å². The Hall–Kier alpha value is -1.85. The molecule has 2 atom stereocenters. The van der Waals surface area contributed by atoms with Crippen LogP contribution in [-0.2, 0) is 4.74 Å². The lowest BCUT2D eigenvalue weighted by Gasteiger charge is -2.29. The third-order valence-corrected chi connectivity index (χ3v) is 3.59. The first-order chi connectivity index (χ1) is 10.5. The predicted molar refractivity (Wildman–Crippen MR) is 84.1 cm³/mol. The number of aliphatic hydroxyl groups excluding tert-OH is 1. The molecular weight excluding hydrogens is 282 g/mol. The zero-order valence-electron chi connectivity index (χ0n) is 13.1. The number of nitrogens with zero attached hydrogens (tertiary/aromatic N) is 1. The fourth-order valence-corrected chi connectivity index (χ4v) is 2.45. The largest absolute Gasteiger partial charge is 0.489 e. The zero-order chi connectivity index (χ0) is 16.1. The van der Waals surface area contributed by atoms with E-state index in [0.717, 1.165) is 5.57 Å². The Morgan fingerprint density at radius 2 is 2.27 bits per heavy atom. The van der Waals surface area contributed by atoms with Crippen LogP contribution in [0.3, 0.4) is 0 Å². The minimum absolute atomic E-state index is 0.127. The highest BCUT2D eigenvalue weighted by molar-refractivity contribution is 5.94. The van der Waals surface area contributed by atoms with Crippen molar-refractivity contribution in [1.82, 2.24) is 4.90 Å². The number of carbonyl (C=O) groups is 1. The average Bonchev–Trinajstić information content (AvgIpc) is 2.92. The number of hydrogen-bond donors (Lipinski definition) is 1. The van der Waals surface area contributed by atoms with E-state index in [2.05, 4.69) is 6.58 Å². The SMILES string of the molecule is C=C(C)COc1cccc(C(=O)N(CC)[C@@H]2COC[C@H]2O)c1. The van der Waals surface area contributed by atoms with Crippen molar-refractivity contribution in [1.29, 1.82) is 0 Å². The van der Waals surface area contributed by atoms with Crippen LogP contribution in [0.4, 0.5) is 0 Å². The molecule has 5 heteroatoms. The molecule has 0 saturated carbocycles. The Kier molecular flexibility index (Phi) is 5.57. The van der Waals surface area contributed by atoms with Crippen LogP contribution >= 0.6 is 0 Å². The predicted octanol–water partition coefficient (Wildman–Crippen LogP) is 1.86. The van der Waals surface area contributed by atoms with E-state index in [9.17, 15) is 9.90 Å². The smallest absolute Gasteiger partial charge is 0.254 e. The van der Waals surface area contributed by atoms with Crippen molar-refractivity contribution in [3.63, 3.8) is 0 Å². The Bertz CT molecular complexity index is 543. The standard InChI is InChI=1S/C17H23NO4/c1-4-18(15-10-21-11-16(15)19)17(20)13-6-5-7-14(8-13)22-9-12(2)3/h5-8,15-16,19H,2,4,9-11H2,1,3H3/t15-,16-/m1/s1. The number of carbonyl (C=O) groups excluding carboxylic acids is 1. The van der Waals surface area contributed by atoms with E-state index in [4.69, 9.17) is 9.47 Å². The molecular formula is C17H23NO4. The maximum atomic E-state index is 12.7. The number of benzene rings is 1. The normalized spacial score (nSPS) is 20.7. The van der Waals surface area contributed by atoms with Crippen LogP contribution in [0.2, 0.25) is 0 Å². The molecule has 1 heterocycles. The first kappa shape index (κ1) is 16.5. The summed E-state index contributed by atoms with van der Waals surface area (Å²) in [5.74, 6) is 0.506. The van der Waals surface area contributed by atoms with Crippen molar-refractivity contribution in [2.45, 2.75) is 26.0 Å². The summed E-state index contributed by atoms with van der Waals surface area (Å²) in [5.41, 5.74) is 1.46. The van der Waals surface area contributed by atoms with E-state index in [1.54, 1.807) is 23.1 Å². The van der Waals surface area contributed by atoms with E-state index in [1.165, 1.54) is 0 Å². The van der Waals surface area contributed by atoms with Gasteiger partial charge >= 0.3 is 0 Å². The monoisotopic (exact) mass is 305 g/mol. The molecule has 2 rings (SSSR count). The van der Waals surface area contributed by atoms with Gasteiger partial charge in [-0.25, -0.2) is 0 Å². The lowest BCUT2D eigenvalue weighted by molar-refractivity contribution is 0.0520. The molecule has 0 spiro atoms. The van der Waals surface area contributed by atoms with Crippen molar-refractivity contribution in [2.75, 3.05) is 26.4 Å². The third kappa shape index (κ3) is 3.87. The van der Waals surface area contributed by atoms with Crippen molar-refractivity contribution in [2.24, 2.45) is 0 Å². The summed E-state index contributed by atoms with van der Waals surface area (Å²) in [6, 6.07) is 6.77. The lowest BCUT2D eigenvalue weighted by atomic mass is 10.1. The van der Waals surface area contributed by atoms with E-state index < -0.39 is 6.10 Å². The lowest BCUT2D eigenvalue weighted by Crippen LogP contribution is -2.46. The molecule has 0 radical (unpaired) electrons. The van der Waals surface area contributed by atoms with Gasteiger partial charge in [0.05, 0.1) is 25.4 Å². The first-order valence-corrected chi connectivity index (χ1v) is 7.47. The fourth-order valence-electron chi connectivity index (χ4n) is 2.45. The van der Waals surface area contributed by atoms with Crippen LogP contribution in [0, 0.1) is 0 Å². The highest BCUT2D eigenvalue weighted by Crippen LogP contribution is 2.19. The molecule has 1 fully saturated rings. The molecule has 1 aromatic rings. The fraction of sp³-hybridized carbons (Fsp3) is 0.471. The van der Waals surface area contributed by atoms with Crippen molar-refractivity contribution in [3.8, 4) is 5.75 Å². The van der Waals surface area contributed by atoms with Gasteiger partial charge in [0, 0.05) is 12.1 Å². The number of aliphatic hydroxyl groups is 1. The number of rotatable bonds is 6. The topological polar surface area (TPSA) is 59.0 Å². The van der Waals surface area contributed by atoms with Gasteiger partial charge in [0.2, 0.25) is 0 Å². The Balaban J connectivity index is 2.13. The van der Waals surface area contributed by atoms with Crippen molar-refractivity contribution >= 4 is 5.91 Å². The quantitative estimate of drug-likeness (QED) is 0.815. The zero-order valence-corrected chi connectivity index (χ0v) is 13.1. The molecule has 0 unspecified atom stereocenters. The number of hydrogen-bond acceptors (Lipinski definition) is 4. The summed E-state index contributed by atoms with van der Waals surface area (Å²) in [6.07, 6.45) is -0.633. The first-order valence-electron chi connectivity index (χ1n) is 7.47. The van der Waals surface area contributed by atoms with Crippen molar-refractivity contribution in [3.05, 3.63) is 42.0 Å². The molecule has 22 heavy (non-hydrogen) atoms. The number of ether oxygens (including phenoxy) is 2. The second kappa shape index (κ2) is 7.42. The molecule has 0 aromatic heterocycles. The molecule has 1 aliphatic heterocycles. The van der Waals surface area contributed by atoms with Gasteiger partial charge in [-0.15, -0.1) is 0 Å². The van der Waals surface area contributed by atoms with Gasteiger partial charge in [0.15, 0.2) is 0 Å². The van der Waals surface area contributed by atoms with Crippen LogP contribution in [0.25, 0.3) is 0 Å². The van der Waals surface area contributed by atoms with E-state index >= 15 is 0 Å². The Labute approximate surface area is 131 Å². The molecule has 0 aliphatic carbocycles. The summed E-state index contributed by atoms with van der Waals surface area (Å²) in [6.45, 7) is 9.14. The summed E-state index contributed by atoms with van der Waals surface area (Å²) in [7, 11) is 0.